The number of ketones is 2. The van der Waals surface area contributed by atoms with Crippen molar-refractivity contribution in [3.63, 3.8) is 0 Å². The number of phenols is 1. The van der Waals surface area contributed by atoms with Crippen LogP contribution in [0.2, 0.25) is 20.1 Å². The highest BCUT2D eigenvalue weighted by Crippen LogP contribution is 2.46. The first-order valence-electron chi connectivity index (χ1n) is 30.5. The molecule has 0 fully saturated rings. The Kier molecular flexibility index (Phi) is 38.9. The molecule has 0 bridgehead atoms. The maximum absolute atomic E-state index is 13.5. The van der Waals surface area contributed by atoms with Gasteiger partial charge in [0.15, 0.2) is 17.2 Å². The van der Waals surface area contributed by atoms with Crippen LogP contribution in [-0.2, 0) is 15.2 Å². The van der Waals surface area contributed by atoms with E-state index in [1.165, 1.54) is 123 Å². The number of phenolic OH excluding ortho intramolecular Hbond substituents is 1. The zero-order valence-electron chi connectivity index (χ0n) is 56.5. The summed E-state index contributed by atoms with van der Waals surface area (Å²) in [6.07, 6.45) is 0.466. The summed E-state index contributed by atoms with van der Waals surface area (Å²) in [6.45, 7) is 10.7. The van der Waals surface area contributed by atoms with Gasteiger partial charge in [-0.2, -0.15) is 0 Å². The van der Waals surface area contributed by atoms with E-state index in [4.69, 9.17) is 92.5 Å². The van der Waals surface area contributed by atoms with Gasteiger partial charge in [0.2, 0.25) is 6.41 Å². The van der Waals surface area contributed by atoms with E-state index in [2.05, 4.69) is 77.4 Å². The molecule has 0 saturated heterocycles. The molecule has 18 nitrogen and oxygen atoms in total. The molecule has 550 valence electrons. The number of anilines is 3. The summed E-state index contributed by atoms with van der Waals surface area (Å²) in [5, 5.41) is 25.2. The molecule has 1 atom stereocenters. The van der Waals surface area contributed by atoms with E-state index in [0.29, 0.717) is 103 Å². The molecule has 9 aromatic rings. The Hall–Kier alpha value is -8.29. The third-order valence-electron chi connectivity index (χ3n) is 13.2. The van der Waals surface area contributed by atoms with Gasteiger partial charge >= 0.3 is 0 Å². The average Bonchev–Trinajstić information content (AvgIpc) is 1.59. The Morgan fingerprint density at radius 3 is 1.41 bits per heavy atom. The van der Waals surface area contributed by atoms with Crippen molar-refractivity contribution in [1.82, 2.24) is 5.06 Å². The molecule has 2 amide bonds. The SMILES string of the molecule is CCI.CCOc1cc(F)ccc1Br.CCOc1cc(F)ccc1C(=O)c1cc(Cl)ccc1N.CCOc1cc(F)ccc1C(=O)c1cc(Cl)ccc1NC=O.CCOc1cc(F)ccc1C1(O)C(N)=Nc2ccc(Cl)cc21.CN.CON(C)C(=O)c1cc(Cl)ccc1N.Oc1cc(F)ccc1Br. The molecular formula is C73H73Br2Cl4F5IN7O11. The highest BCUT2D eigenvalue weighted by molar-refractivity contribution is 14.1. The van der Waals surface area contributed by atoms with Gasteiger partial charge in [-0.15, -0.1) is 0 Å². The van der Waals surface area contributed by atoms with E-state index in [9.17, 15) is 46.2 Å². The molecule has 1 aliphatic heterocycles. The number of hydrogen-bond acceptors (Lipinski definition) is 16. The van der Waals surface area contributed by atoms with E-state index in [-0.39, 0.29) is 68.6 Å². The third-order valence-corrected chi connectivity index (χ3v) is 15.4. The predicted molar refractivity (Wildman–Crippen MR) is 413 cm³/mol. The van der Waals surface area contributed by atoms with Crippen LogP contribution in [0.5, 0.6) is 28.7 Å². The topological polar surface area (TPSA) is 287 Å². The van der Waals surface area contributed by atoms with E-state index in [1.807, 2.05) is 6.92 Å². The van der Waals surface area contributed by atoms with Crippen LogP contribution >= 0.6 is 101 Å². The fraction of sp³-hybridized carbons (Fsp3) is 0.192. The van der Waals surface area contributed by atoms with Crippen LogP contribution in [0.3, 0.4) is 0 Å². The molecule has 0 radical (unpaired) electrons. The number of hydroxylamine groups is 2. The molecule has 10 rings (SSSR count). The van der Waals surface area contributed by atoms with Crippen molar-refractivity contribution in [1.29, 1.82) is 0 Å². The maximum Gasteiger partial charge on any atom is 0.279 e. The second-order valence-electron chi connectivity index (χ2n) is 20.0. The van der Waals surface area contributed by atoms with Crippen molar-refractivity contribution in [2.45, 2.75) is 40.2 Å². The van der Waals surface area contributed by atoms with Crippen molar-refractivity contribution in [2.24, 2.45) is 16.5 Å². The molecule has 1 aliphatic rings. The number of nitrogen functional groups attached to an aromatic ring is 2. The number of carbonyl (C=O) groups is 4. The van der Waals surface area contributed by atoms with Crippen LogP contribution < -0.4 is 47.2 Å². The minimum Gasteiger partial charge on any atom is -0.507 e. The average molecular weight is 1750 g/mol. The third kappa shape index (κ3) is 26.7. The lowest BCUT2D eigenvalue weighted by Gasteiger charge is -2.27. The number of benzene rings is 9. The monoisotopic (exact) mass is 1740 g/mol. The highest BCUT2D eigenvalue weighted by Gasteiger charge is 2.44. The number of aromatic hydroxyl groups is 1. The van der Waals surface area contributed by atoms with Gasteiger partial charge in [0, 0.05) is 91.1 Å². The summed E-state index contributed by atoms with van der Waals surface area (Å²) < 4.78 is 88.5. The van der Waals surface area contributed by atoms with Crippen molar-refractivity contribution in [3.05, 3.63) is 261 Å². The molecule has 0 aromatic heterocycles. The number of alkyl halides is 1. The molecule has 1 heterocycles. The number of halogens is 12. The van der Waals surface area contributed by atoms with Crippen LogP contribution in [0, 0.1) is 29.1 Å². The van der Waals surface area contributed by atoms with Gasteiger partial charge in [0.25, 0.3) is 5.91 Å². The summed E-state index contributed by atoms with van der Waals surface area (Å²) in [7, 11) is 4.40. The molecule has 0 saturated carbocycles. The number of aliphatic imine (C=N–C) groups is 1. The summed E-state index contributed by atoms with van der Waals surface area (Å²) in [6, 6.07) is 38.2. The van der Waals surface area contributed by atoms with E-state index < -0.39 is 34.7 Å². The molecule has 0 spiro atoms. The van der Waals surface area contributed by atoms with Gasteiger partial charge in [-0.25, -0.2) is 32.0 Å². The van der Waals surface area contributed by atoms with Crippen molar-refractivity contribution < 1.29 is 75.1 Å². The highest BCUT2D eigenvalue weighted by atomic mass is 127. The largest absolute Gasteiger partial charge is 0.507 e. The summed E-state index contributed by atoms with van der Waals surface area (Å²) in [5.74, 6) is -2.22. The number of rotatable bonds is 17. The van der Waals surface area contributed by atoms with Crippen molar-refractivity contribution in [3.8, 4) is 28.7 Å². The fourth-order valence-electron chi connectivity index (χ4n) is 8.62. The maximum atomic E-state index is 13.5. The molecular weight excluding hydrogens is 1670 g/mol. The smallest absolute Gasteiger partial charge is 0.279 e. The van der Waals surface area contributed by atoms with E-state index in [1.54, 1.807) is 75.4 Å². The molecule has 0 aliphatic carbocycles. The number of fused-ring (bicyclic) bond motifs is 1. The summed E-state index contributed by atoms with van der Waals surface area (Å²) in [4.78, 5) is 56.4. The van der Waals surface area contributed by atoms with Crippen LogP contribution in [0.1, 0.15) is 87.9 Å². The Balaban J connectivity index is 0.000000324. The van der Waals surface area contributed by atoms with Crippen LogP contribution in [-0.4, -0.2) is 97.1 Å². The van der Waals surface area contributed by atoms with Gasteiger partial charge in [0.05, 0.1) is 70.5 Å². The summed E-state index contributed by atoms with van der Waals surface area (Å²) in [5.41, 5.74) is 23.7. The fourth-order valence-corrected chi connectivity index (χ4v) is 9.92. The van der Waals surface area contributed by atoms with Gasteiger partial charge in [-0.3, -0.25) is 24.0 Å². The second-order valence-corrected chi connectivity index (χ2v) is 25.0. The normalized spacial score (nSPS) is 11.8. The molecule has 11 N–H and O–H groups in total. The Bertz CT molecular complexity index is 4370. The minimum absolute atomic E-state index is 0.00247. The Morgan fingerprint density at radius 1 is 0.534 bits per heavy atom. The lowest BCUT2D eigenvalue weighted by Crippen LogP contribution is -2.40. The van der Waals surface area contributed by atoms with Crippen molar-refractivity contribution >= 4 is 153 Å². The van der Waals surface area contributed by atoms with Crippen LogP contribution in [0.25, 0.3) is 0 Å². The number of nitrogens with one attached hydrogen (secondary N) is 1. The van der Waals surface area contributed by atoms with Crippen molar-refractivity contribution in [2.75, 3.05) is 68.8 Å². The first-order chi connectivity index (χ1) is 49.0. The Labute approximate surface area is 643 Å². The van der Waals surface area contributed by atoms with Gasteiger partial charge in [-0.05, 0) is 204 Å². The number of nitrogens with zero attached hydrogens (tertiary/aromatic N) is 2. The molecule has 1 unspecified atom stereocenters. The van der Waals surface area contributed by atoms with Gasteiger partial charge in [0.1, 0.15) is 63.7 Å². The molecule has 30 heteroatoms. The van der Waals surface area contributed by atoms with Gasteiger partial charge < -0.3 is 57.4 Å². The molecule has 9 aromatic carbocycles. The van der Waals surface area contributed by atoms with Crippen LogP contribution in [0.4, 0.5) is 44.7 Å². The summed E-state index contributed by atoms with van der Waals surface area (Å²) >= 11 is 32.1. The van der Waals surface area contributed by atoms with E-state index >= 15 is 0 Å². The number of hydrogen-bond donors (Lipinski definition) is 7. The number of carbonyl (C=O) groups excluding carboxylic acids is 4. The van der Waals surface area contributed by atoms with E-state index in [0.717, 1.165) is 21.7 Å². The standard InChI is InChI=1S/C16H14ClFN2O2.C16H13ClFNO3.C15H13ClFNO2.C9H11ClN2O2.C8H8BrFO.C6H4BrFO.C2H5I.CH5N/c1-2-22-14-8-10(18)4-5-11(14)16(21)12-7-9(17)3-6-13(12)20-15(16)19;1-2-22-15-8-11(18)4-5-12(15)16(21)13-7-10(17)3-6-14(13)19-9-20;1-2-20-14-8-10(17)4-5-11(14)15(19)12-7-9(16)3-6-13(12)18;1-12(14-2)9(13)7-5-6(10)3-4-8(7)11;1-2-11-8-5-6(10)3-4-7(8)9;7-5-2-1-4(8)3-6(5)9;1-2-3;1-2/h3-8,21H,2H2,1H3,(H2,19,20);3-9H,2H2,1H3,(H,19,20);3-8H,2,18H2,1H3;3-5H,11H2,1-2H3;3-5H,2H2,1H3;1-3,9H;2H2,1H3;2H2,1H3. The number of amidine groups is 1. The zero-order chi connectivity index (χ0) is 77.3. The number of nitrogens with two attached hydrogens (primary N) is 4. The van der Waals surface area contributed by atoms with Crippen LogP contribution in [0.15, 0.2) is 178 Å². The Morgan fingerprint density at radius 2 is 0.922 bits per heavy atom. The van der Waals surface area contributed by atoms with Gasteiger partial charge in [-0.1, -0.05) is 75.9 Å². The first kappa shape index (κ1) is 88.9. The zero-order valence-corrected chi connectivity index (χ0v) is 64.9. The number of ether oxygens (including phenoxy) is 4. The first-order valence-corrected chi connectivity index (χ1v) is 35.1. The predicted octanol–water partition coefficient (Wildman–Crippen LogP) is 18.3. The lowest BCUT2D eigenvalue weighted by atomic mass is 9.85. The lowest BCUT2D eigenvalue weighted by molar-refractivity contribution is -0.105. The number of aliphatic hydroxyl groups is 1. The second kappa shape index (κ2) is 45.1. The minimum atomic E-state index is -1.70. The number of amides is 2. The molecule has 103 heavy (non-hydrogen) atoms. The quantitative estimate of drug-likeness (QED) is 0.00848.